The van der Waals surface area contributed by atoms with Crippen LogP contribution < -0.4 is 5.32 Å². The van der Waals surface area contributed by atoms with Crippen LogP contribution in [0, 0.1) is 0 Å². The number of esters is 4. The Morgan fingerprint density at radius 2 is 1.50 bits per heavy atom. The zero-order chi connectivity index (χ0) is 22.8. The van der Waals surface area contributed by atoms with Gasteiger partial charge in [-0.1, -0.05) is 5.11 Å². The van der Waals surface area contributed by atoms with Crippen molar-refractivity contribution in [2.75, 3.05) is 13.2 Å². The molecule has 0 bridgehead atoms. The smallest absolute Gasteiger partial charge is 0.305 e. The Morgan fingerprint density at radius 3 is 2.00 bits per heavy atom. The summed E-state index contributed by atoms with van der Waals surface area (Å²) in [6.45, 7) is 3.32. The molecule has 0 aromatic rings. The molecule has 14 heteroatoms. The minimum Gasteiger partial charge on any atom is -0.463 e. The monoisotopic (exact) mass is 430 g/mol. The topological polar surface area (TPSA) is 192 Å². The van der Waals surface area contributed by atoms with Crippen LogP contribution in [0.1, 0.15) is 27.7 Å². The van der Waals surface area contributed by atoms with E-state index < -0.39 is 73.6 Å². The first-order valence-electron chi connectivity index (χ1n) is 8.65. The molecule has 1 rings (SSSR count). The Labute approximate surface area is 170 Å². The van der Waals surface area contributed by atoms with Gasteiger partial charge in [0, 0.05) is 32.6 Å². The highest BCUT2D eigenvalue weighted by atomic mass is 16.7. The Bertz CT molecular complexity index is 736. The molecule has 0 unspecified atom stereocenters. The fraction of sp³-hybridized carbons (Fsp3) is 0.688. The van der Waals surface area contributed by atoms with Gasteiger partial charge in [0.25, 0.3) is 0 Å². The Kier molecular flexibility index (Phi) is 9.52. The molecule has 0 saturated carbocycles. The molecule has 1 aliphatic rings. The predicted octanol–water partition coefficient (Wildman–Crippen LogP) is -0.504. The third-order valence-corrected chi connectivity index (χ3v) is 3.59. The molecule has 1 aliphatic heterocycles. The molecule has 1 heterocycles. The second-order valence-electron chi connectivity index (χ2n) is 6.09. The van der Waals surface area contributed by atoms with Crippen molar-refractivity contribution in [2.24, 2.45) is 5.11 Å². The molecular formula is C16H22N4O10. The van der Waals surface area contributed by atoms with Gasteiger partial charge < -0.3 is 29.0 Å². The van der Waals surface area contributed by atoms with Crippen molar-refractivity contribution in [2.45, 2.75) is 58.3 Å². The molecule has 5 atom stereocenters. The molecule has 0 aliphatic carbocycles. The first-order chi connectivity index (χ1) is 14.0. The summed E-state index contributed by atoms with van der Waals surface area (Å²) in [6, 6.07) is -1.34. The number of carbonyl (C=O) groups is 5. The van der Waals surface area contributed by atoms with Crippen LogP contribution in [-0.2, 0) is 47.7 Å². The second kappa shape index (κ2) is 11.6. The number of hydrogen-bond donors (Lipinski definition) is 1. The molecular weight excluding hydrogens is 408 g/mol. The summed E-state index contributed by atoms with van der Waals surface area (Å²) in [6.07, 6.45) is -5.42. The fourth-order valence-corrected chi connectivity index (χ4v) is 2.65. The van der Waals surface area contributed by atoms with Crippen molar-refractivity contribution in [1.82, 2.24) is 5.32 Å². The van der Waals surface area contributed by atoms with E-state index in [9.17, 15) is 24.0 Å². The number of hydrogen-bond acceptors (Lipinski definition) is 11. The third kappa shape index (κ3) is 7.93. The number of amides is 1. The highest BCUT2D eigenvalue weighted by Gasteiger charge is 2.52. The largest absolute Gasteiger partial charge is 0.463 e. The van der Waals surface area contributed by atoms with Gasteiger partial charge in [0.1, 0.15) is 25.3 Å². The van der Waals surface area contributed by atoms with Gasteiger partial charge in [0.2, 0.25) is 12.2 Å². The maximum atomic E-state index is 12.1. The quantitative estimate of drug-likeness (QED) is 0.172. The SMILES string of the molecule is CC(=O)OC[C@H]1O[C@@H](OC(C)=O)[C@@H](NC(=O)CN=[N+]=[N-])[C@@H](OC(C)=O)[C@@H]1OC(C)=O. The van der Waals surface area contributed by atoms with Gasteiger partial charge in [0.15, 0.2) is 12.2 Å². The van der Waals surface area contributed by atoms with E-state index in [4.69, 9.17) is 29.2 Å². The van der Waals surface area contributed by atoms with Crippen LogP contribution in [-0.4, -0.2) is 73.6 Å². The summed E-state index contributed by atoms with van der Waals surface area (Å²) in [4.78, 5) is 60.5. The van der Waals surface area contributed by atoms with Crippen LogP contribution in [0.4, 0.5) is 0 Å². The van der Waals surface area contributed by atoms with Crippen molar-refractivity contribution < 1.29 is 47.7 Å². The summed E-state index contributed by atoms with van der Waals surface area (Å²) < 4.78 is 25.9. The maximum absolute atomic E-state index is 12.1. The average Bonchev–Trinajstić information content (AvgIpc) is 2.62. The van der Waals surface area contributed by atoms with E-state index in [1.807, 2.05) is 0 Å². The van der Waals surface area contributed by atoms with Gasteiger partial charge in [-0.25, -0.2) is 0 Å². The van der Waals surface area contributed by atoms with Gasteiger partial charge in [-0.2, -0.15) is 0 Å². The van der Waals surface area contributed by atoms with Crippen LogP contribution in [0.15, 0.2) is 5.11 Å². The Hall–Kier alpha value is -3.38. The van der Waals surface area contributed by atoms with Gasteiger partial charge in [0.05, 0.1) is 0 Å². The first kappa shape index (κ1) is 24.7. The number of carbonyl (C=O) groups excluding carboxylic acids is 5. The van der Waals surface area contributed by atoms with Gasteiger partial charge in [-0.3, -0.25) is 24.0 Å². The van der Waals surface area contributed by atoms with E-state index in [2.05, 4.69) is 15.3 Å². The maximum Gasteiger partial charge on any atom is 0.305 e. The van der Waals surface area contributed by atoms with Crippen LogP contribution in [0.2, 0.25) is 0 Å². The molecule has 0 spiro atoms. The Balaban J connectivity index is 3.33. The normalized spacial score (nSPS) is 25.1. The van der Waals surface area contributed by atoms with Gasteiger partial charge >= 0.3 is 23.9 Å². The summed E-state index contributed by atoms with van der Waals surface area (Å²) >= 11 is 0. The lowest BCUT2D eigenvalue weighted by atomic mass is 9.96. The van der Waals surface area contributed by atoms with Crippen molar-refractivity contribution >= 4 is 29.8 Å². The average molecular weight is 430 g/mol. The van der Waals surface area contributed by atoms with Crippen LogP contribution in [0.3, 0.4) is 0 Å². The predicted molar refractivity (Wildman–Crippen MR) is 94.1 cm³/mol. The zero-order valence-corrected chi connectivity index (χ0v) is 16.7. The van der Waals surface area contributed by atoms with Gasteiger partial charge in [-0.15, -0.1) is 0 Å². The number of rotatable bonds is 8. The van der Waals surface area contributed by atoms with Crippen molar-refractivity contribution in [1.29, 1.82) is 0 Å². The van der Waals surface area contributed by atoms with Crippen LogP contribution in [0.5, 0.6) is 0 Å². The van der Waals surface area contributed by atoms with E-state index in [-0.39, 0.29) is 0 Å². The lowest BCUT2D eigenvalue weighted by molar-refractivity contribution is -0.271. The molecule has 0 aromatic carbocycles. The standard InChI is InChI=1S/C16H22N4O10/c1-7(21)26-6-11-14(27-8(2)22)15(28-9(3)23)13(16(30-11)29-10(4)24)19-12(25)5-18-20-17/h11,13-16H,5-6H2,1-4H3,(H,19,25)/t11-,13+,14-,15-,16-/m1/s1. The van der Waals surface area contributed by atoms with E-state index in [1.54, 1.807) is 0 Å². The van der Waals surface area contributed by atoms with E-state index >= 15 is 0 Å². The molecule has 1 N–H and O–H groups in total. The van der Waals surface area contributed by atoms with Crippen LogP contribution >= 0.6 is 0 Å². The number of azide groups is 1. The number of ether oxygens (including phenoxy) is 5. The molecule has 14 nitrogen and oxygen atoms in total. The number of nitrogens with one attached hydrogen (secondary N) is 1. The third-order valence-electron chi connectivity index (χ3n) is 3.59. The summed E-state index contributed by atoms with van der Waals surface area (Å²) in [5, 5.41) is 5.48. The molecule has 1 amide bonds. The molecule has 0 aromatic heterocycles. The molecule has 30 heavy (non-hydrogen) atoms. The van der Waals surface area contributed by atoms with Crippen molar-refractivity contribution in [3.05, 3.63) is 10.4 Å². The minimum atomic E-state index is -1.51. The lowest BCUT2D eigenvalue weighted by Crippen LogP contribution is -2.67. The number of nitrogens with zero attached hydrogens (tertiary/aromatic N) is 3. The van der Waals surface area contributed by atoms with Crippen molar-refractivity contribution in [3.63, 3.8) is 0 Å². The Morgan fingerprint density at radius 1 is 0.933 bits per heavy atom. The summed E-state index contributed by atoms with van der Waals surface area (Å²) in [5.41, 5.74) is 8.36. The van der Waals surface area contributed by atoms with E-state index in [0.717, 1.165) is 27.7 Å². The summed E-state index contributed by atoms with van der Waals surface area (Å²) in [7, 11) is 0. The molecule has 0 radical (unpaired) electrons. The van der Waals surface area contributed by atoms with Gasteiger partial charge in [-0.05, 0) is 5.53 Å². The van der Waals surface area contributed by atoms with Crippen LogP contribution in [0.25, 0.3) is 10.4 Å². The van der Waals surface area contributed by atoms with E-state index in [1.165, 1.54) is 0 Å². The first-order valence-corrected chi connectivity index (χ1v) is 8.65. The lowest BCUT2D eigenvalue weighted by Gasteiger charge is -2.44. The molecule has 1 saturated heterocycles. The minimum absolute atomic E-state index is 0.428. The second-order valence-corrected chi connectivity index (χ2v) is 6.09. The molecule has 1 fully saturated rings. The fourth-order valence-electron chi connectivity index (χ4n) is 2.65. The van der Waals surface area contributed by atoms with Crippen molar-refractivity contribution in [3.8, 4) is 0 Å². The molecule has 166 valence electrons. The highest BCUT2D eigenvalue weighted by Crippen LogP contribution is 2.28. The highest BCUT2D eigenvalue weighted by molar-refractivity contribution is 5.79. The zero-order valence-electron chi connectivity index (χ0n) is 16.7. The summed E-state index contributed by atoms with van der Waals surface area (Å²) in [5.74, 6) is -3.86. The van der Waals surface area contributed by atoms with E-state index in [0.29, 0.717) is 0 Å².